The van der Waals surface area contributed by atoms with Crippen LogP contribution in [0.1, 0.15) is 48.0 Å². The number of carbonyl (C=O) groups is 1. The van der Waals surface area contributed by atoms with Crippen molar-refractivity contribution in [1.29, 1.82) is 0 Å². The smallest absolute Gasteiger partial charge is 0.407 e. The quantitative estimate of drug-likeness (QED) is 0.603. The maximum Gasteiger partial charge on any atom is 0.407 e. The lowest BCUT2D eigenvalue weighted by atomic mass is 9.81. The van der Waals surface area contributed by atoms with Gasteiger partial charge in [-0.1, -0.05) is 41.5 Å². The summed E-state index contributed by atoms with van der Waals surface area (Å²) in [4.78, 5) is 11.7. The molecule has 28 heavy (non-hydrogen) atoms. The highest BCUT2D eigenvalue weighted by Gasteiger charge is 2.54. The molecule has 0 spiro atoms. The fourth-order valence-corrected chi connectivity index (χ4v) is 5.64. The third-order valence-electron chi connectivity index (χ3n) is 7.30. The van der Waals surface area contributed by atoms with Crippen LogP contribution in [0.15, 0.2) is 0 Å². The zero-order valence-electron chi connectivity index (χ0n) is 19.3. The summed E-state index contributed by atoms with van der Waals surface area (Å²) >= 11 is 0. The van der Waals surface area contributed by atoms with Gasteiger partial charge in [0.1, 0.15) is 18.3 Å². The van der Waals surface area contributed by atoms with Gasteiger partial charge in [-0.3, -0.25) is 0 Å². The minimum atomic E-state index is -2.19. The number of rotatable bonds is 5. The molecule has 1 amide bonds. The Kier molecular flexibility index (Phi) is 6.53. The van der Waals surface area contributed by atoms with Crippen molar-refractivity contribution in [3.05, 3.63) is 0 Å². The summed E-state index contributed by atoms with van der Waals surface area (Å²) in [6.07, 6.45) is -2.30. The van der Waals surface area contributed by atoms with E-state index in [2.05, 4.69) is 73.0 Å². The molecule has 2 rings (SSSR count). The van der Waals surface area contributed by atoms with Gasteiger partial charge in [0.25, 0.3) is 0 Å². The van der Waals surface area contributed by atoms with Crippen LogP contribution in [-0.4, -0.2) is 53.8 Å². The van der Waals surface area contributed by atoms with Gasteiger partial charge in [0, 0.05) is 12.5 Å². The molecule has 5 nitrogen and oxygen atoms in total. The fraction of sp³-hybridized carbons (Fsp3) is 0.950. The third-order valence-corrected chi connectivity index (χ3v) is 16.3. The van der Waals surface area contributed by atoms with Crippen molar-refractivity contribution < 1.29 is 22.8 Å². The second kappa shape index (κ2) is 7.67. The minimum Gasteiger partial charge on any atom is -0.444 e. The van der Waals surface area contributed by atoms with Crippen LogP contribution in [0.5, 0.6) is 0 Å². The highest BCUT2D eigenvalue weighted by Crippen LogP contribution is 2.43. The number of hydrogen-bond acceptors (Lipinski definition) is 4. The van der Waals surface area contributed by atoms with Crippen molar-refractivity contribution in [1.82, 2.24) is 5.32 Å². The number of alkyl halides is 1. The van der Waals surface area contributed by atoms with E-state index in [0.717, 1.165) is 0 Å². The number of amides is 1. The monoisotopic (exact) mass is 433 g/mol. The topological polar surface area (TPSA) is 56.8 Å². The van der Waals surface area contributed by atoms with Crippen molar-refractivity contribution in [3.63, 3.8) is 0 Å². The molecule has 0 radical (unpaired) electrons. The zero-order valence-corrected chi connectivity index (χ0v) is 21.3. The Bertz CT molecular complexity index is 586. The van der Waals surface area contributed by atoms with Crippen LogP contribution in [0.4, 0.5) is 9.18 Å². The Morgan fingerprint density at radius 1 is 1.07 bits per heavy atom. The normalized spacial score (nSPS) is 32.0. The predicted molar refractivity (Wildman–Crippen MR) is 115 cm³/mol. The van der Waals surface area contributed by atoms with Gasteiger partial charge < -0.3 is 18.9 Å². The Labute approximate surface area is 172 Å². The van der Waals surface area contributed by atoms with E-state index in [4.69, 9.17) is 13.6 Å². The molecule has 0 unspecified atom stereocenters. The van der Waals surface area contributed by atoms with Crippen molar-refractivity contribution in [2.24, 2.45) is 5.92 Å². The van der Waals surface area contributed by atoms with Gasteiger partial charge >= 0.3 is 6.09 Å². The van der Waals surface area contributed by atoms with Crippen LogP contribution >= 0.6 is 0 Å². The lowest BCUT2D eigenvalue weighted by Crippen LogP contribution is -2.60. The minimum absolute atomic E-state index is 0.0240. The molecular weight excluding hydrogens is 393 g/mol. The van der Waals surface area contributed by atoms with Crippen molar-refractivity contribution in [2.45, 2.75) is 109 Å². The average molecular weight is 434 g/mol. The molecular formula is C20H40FNO4Si2. The molecule has 2 fully saturated rings. The first-order valence-electron chi connectivity index (χ1n) is 10.4. The van der Waals surface area contributed by atoms with E-state index in [1.807, 2.05) is 0 Å². The Hall–Kier alpha value is -0.446. The summed E-state index contributed by atoms with van der Waals surface area (Å²) in [7, 11) is -4.16. The molecule has 1 aliphatic heterocycles. The number of fused-ring (bicyclic) bond motifs is 1. The largest absolute Gasteiger partial charge is 0.444 e. The average Bonchev–Trinajstić information content (AvgIpc) is 2.87. The number of nitrogens with one attached hydrogen (secondary N) is 1. The molecule has 0 bridgehead atoms. The lowest BCUT2D eigenvalue weighted by molar-refractivity contribution is -0.0554. The molecule has 1 heterocycles. The van der Waals surface area contributed by atoms with Crippen LogP contribution < -0.4 is 5.32 Å². The molecule has 0 aromatic heterocycles. The number of hydrogen-bond donors (Lipinski definition) is 1. The van der Waals surface area contributed by atoms with Crippen LogP contribution in [0.25, 0.3) is 0 Å². The maximum absolute atomic E-state index is 15.6. The highest BCUT2D eigenvalue weighted by molar-refractivity contribution is 6.74. The molecule has 164 valence electrons. The van der Waals surface area contributed by atoms with Gasteiger partial charge in [-0.25, -0.2) is 9.18 Å². The van der Waals surface area contributed by atoms with Crippen LogP contribution in [-0.2, 0) is 13.6 Å². The summed E-state index contributed by atoms with van der Waals surface area (Å²) < 4.78 is 33.9. The number of ether oxygens (including phenoxy) is 1. The van der Waals surface area contributed by atoms with Crippen LogP contribution in [0.2, 0.25) is 36.3 Å². The summed E-state index contributed by atoms with van der Waals surface area (Å²) in [5, 5.41) is 2.70. The van der Waals surface area contributed by atoms with E-state index in [0.29, 0.717) is 13.0 Å². The summed E-state index contributed by atoms with van der Waals surface area (Å²) in [6.45, 7) is 22.2. The molecule has 2 aliphatic rings. The third kappa shape index (κ3) is 4.82. The highest BCUT2D eigenvalue weighted by atomic mass is 28.4. The van der Waals surface area contributed by atoms with Gasteiger partial charge in [-0.05, 0) is 42.7 Å². The van der Waals surface area contributed by atoms with Crippen molar-refractivity contribution >= 4 is 22.7 Å². The molecule has 0 aromatic rings. The van der Waals surface area contributed by atoms with Crippen molar-refractivity contribution in [2.75, 3.05) is 6.61 Å². The maximum atomic E-state index is 15.6. The van der Waals surface area contributed by atoms with E-state index < -0.39 is 47.1 Å². The van der Waals surface area contributed by atoms with E-state index in [1.54, 1.807) is 0 Å². The van der Waals surface area contributed by atoms with Crippen LogP contribution in [0, 0.1) is 5.92 Å². The molecule has 1 saturated carbocycles. The van der Waals surface area contributed by atoms with Gasteiger partial charge in [0.15, 0.2) is 16.6 Å². The second-order valence-electron chi connectivity index (χ2n) is 11.5. The number of carbonyl (C=O) groups excluding carboxylic acids is 1. The van der Waals surface area contributed by atoms with Gasteiger partial charge in [-0.2, -0.15) is 0 Å². The summed E-state index contributed by atoms with van der Waals surface area (Å²) in [6, 6.07) is -0.633. The molecule has 0 aromatic carbocycles. The van der Waals surface area contributed by atoms with Crippen LogP contribution in [0.3, 0.4) is 0 Å². The summed E-state index contributed by atoms with van der Waals surface area (Å²) in [5.74, 6) is -0.132. The first-order chi connectivity index (χ1) is 12.5. The Balaban J connectivity index is 2.24. The number of halogens is 1. The van der Waals surface area contributed by atoms with Gasteiger partial charge in [0.2, 0.25) is 0 Å². The molecule has 1 aliphatic carbocycles. The van der Waals surface area contributed by atoms with E-state index >= 15 is 4.39 Å². The Morgan fingerprint density at radius 2 is 1.61 bits per heavy atom. The fourth-order valence-electron chi connectivity index (χ4n) is 3.22. The van der Waals surface area contributed by atoms with Gasteiger partial charge in [-0.15, -0.1) is 0 Å². The number of alkyl carbamates (subject to hydrolysis) is 1. The van der Waals surface area contributed by atoms with Gasteiger partial charge in [0.05, 0.1) is 6.10 Å². The predicted octanol–water partition coefficient (Wildman–Crippen LogP) is 5.23. The lowest BCUT2D eigenvalue weighted by Gasteiger charge is -2.47. The van der Waals surface area contributed by atoms with E-state index in [9.17, 15) is 4.79 Å². The Morgan fingerprint density at radius 3 is 2.11 bits per heavy atom. The van der Waals surface area contributed by atoms with Crippen molar-refractivity contribution in [3.8, 4) is 0 Å². The summed E-state index contributed by atoms with van der Waals surface area (Å²) in [5.41, 5.74) is 0. The second-order valence-corrected chi connectivity index (χ2v) is 21.0. The standard InChI is InChI=1S/C20H40FNO4Si2/c1-19(2,3)27(7,8)24-12-13-11-14-16(22-18(23)25-14)15(21)17(13)26-28(9,10)20(4,5)6/h13-17H,11-12H2,1-10H3,(H,22,23)/t13-,14+,15+,16+,17-/m1/s1. The SMILES string of the molecule is CC(C)(C)[Si](C)(C)OC[C@H]1C[C@@H]2OC(=O)N[C@@H]2[C@H](F)[C@@H]1O[Si](C)(C)C(C)(C)C. The first-order valence-corrected chi connectivity index (χ1v) is 16.2. The molecule has 8 heteroatoms. The first kappa shape index (κ1) is 23.8. The molecule has 1 N–H and O–H groups in total. The molecule has 1 saturated heterocycles. The van der Waals surface area contributed by atoms with E-state index in [-0.39, 0.29) is 16.0 Å². The molecule has 5 atom stereocenters. The zero-order chi connectivity index (χ0) is 21.7. The van der Waals surface area contributed by atoms with E-state index in [1.165, 1.54) is 0 Å².